The Kier molecular flexibility index (Phi) is 6.84. The molecule has 0 aliphatic carbocycles. The van der Waals surface area contributed by atoms with E-state index in [2.05, 4.69) is 42.6 Å². The average molecular weight is 278 g/mol. The zero-order valence-electron chi connectivity index (χ0n) is 12.8. The standard InChI is InChI=1S/C15H26N4O/c1-5-7-9-20-15-13(16)14(17-8-6-2)18-12(19-15)10-11(3)4/h6,11H,2,5,7-10,16H2,1,3-4H3,(H,17,18,19). The monoisotopic (exact) mass is 278 g/mol. The van der Waals surface area contributed by atoms with Gasteiger partial charge in [0.05, 0.1) is 6.61 Å². The first-order chi connectivity index (χ1) is 9.58. The van der Waals surface area contributed by atoms with Gasteiger partial charge in [-0.05, 0) is 12.3 Å². The molecule has 112 valence electrons. The smallest absolute Gasteiger partial charge is 0.242 e. The number of unbranched alkanes of at least 4 members (excludes halogenated alkanes) is 1. The van der Waals surface area contributed by atoms with Crippen LogP contribution in [0, 0.1) is 5.92 Å². The highest BCUT2D eigenvalue weighted by molar-refractivity contribution is 5.67. The Morgan fingerprint density at radius 1 is 1.40 bits per heavy atom. The molecule has 0 saturated carbocycles. The van der Waals surface area contributed by atoms with Crippen molar-refractivity contribution in [3.8, 4) is 5.88 Å². The minimum atomic E-state index is 0.468. The average Bonchev–Trinajstić information content (AvgIpc) is 2.40. The van der Waals surface area contributed by atoms with Crippen molar-refractivity contribution in [2.45, 2.75) is 40.0 Å². The first-order valence-electron chi connectivity index (χ1n) is 7.22. The lowest BCUT2D eigenvalue weighted by atomic mass is 10.1. The van der Waals surface area contributed by atoms with Crippen molar-refractivity contribution in [1.29, 1.82) is 0 Å². The summed E-state index contributed by atoms with van der Waals surface area (Å²) in [5.41, 5.74) is 6.53. The number of hydrogen-bond donors (Lipinski definition) is 2. The molecule has 5 nitrogen and oxygen atoms in total. The van der Waals surface area contributed by atoms with Crippen molar-refractivity contribution in [1.82, 2.24) is 9.97 Å². The van der Waals surface area contributed by atoms with Crippen molar-refractivity contribution in [3.63, 3.8) is 0 Å². The molecule has 0 radical (unpaired) electrons. The van der Waals surface area contributed by atoms with Gasteiger partial charge in [-0.2, -0.15) is 4.98 Å². The second-order valence-corrected chi connectivity index (χ2v) is 5.18. The second-order valence-electron chi connectivity index (χ2n) is 5.18. The molecule has 0 aromatic carbocycles. The van der Waals surface area contributed by atoms with E-state index < -0.39 is 0 Å². The minimum absolute atomic E-state index is 0.468. The Bertz CT molecular complexity index is 432. The van der Waals surface area contributed by atoms with Crippen LogP contribution in [0.2, 0.25) is 0 Å². The summed E-state index contributed by atoms with van der Waals surface area (Å²) < 4.78 is 5.68. The molecule has 0 amide bonds. The van der Waals surface area contributed by atoms with Crippen molar-refractivity contribution in [2.75, 3.05) is 24.2 Å². The molecule has 0 aliphatic heterocycles. The first kappa shape index (κ1) is 16.3. The van der Waals surface area contributed by atoms with Crippen LogP contribution in [0.15, 0.2) is 12.7 Å². The van der Waals surface area contributed by atoms with E-state index in [1.54, 1.807) is 6.08 Å². The number of rotatable bonds is 9. The van der Waals surface area contributed by atoms with Crippen molar-refractivity contribution >= 4 is 11.5 Å². The largest absolute Gasteiger partial charge is 0.476 e. The fraction of sp³-hybridized carbons (Fsp3) is 0.600. The van der Waals surface area contributed by atoms with Crippen LogP contribution in [-0.4, -0.2) is 23.1 Å². The number of anilines is 2. The zero-order chi connectivity index (χ0) is 15.0. The van der Waals surface area contributed by atoms with Crippen LogP contribution in [0.3, 0.4) is 0 Å². The second kappa shape index (κ2) is 8.40. The van der Waals surface area contributed by atoms with Gasteiger partial charge in [0, 0.05) is 13.0 Å². The van der Waals surface area contributed by atoms with Crippen molar-refractivity contribution in [2.24, 2.45) is 5.92 Å². The van der Waals surface area contributed by atoms with E-state index in [9.17, 15) is 0 Å². The summed E-state index contributed by atoms with van der Waals surface area (Å²) in [6.45, 7) is 11.3. The number of hydrogen-bond acceptors (Lipinski definition) is 5. The van der Waals surface area contributed by atoms with Gasteiger partial charge >= 0.3 is 0 Å². The van der Waals surface area contributed by atoms with Gasteiger partial charge < -0.3 is 15.8 Å². The van der Waals surface area contributed by atoms with E-state index in [1.165, 1.54) is 0 Å². The number of aromatic nitrogens is 2. The highest BCUT2D eigenvalue weighted by Gasteiger charge is 2.13. The van der Waals surface area contributed by atoms with Crippen molar-refractivity contribution < 1.29 is 4.74 Å². The topological polar surface area (TPSA) is 73.1 Å². The molecule has 5 heteroatoms. The maximum atomic E-state index is 6.06. The van der Waals surface area contributed by atoms with Crippen LogP contribution < -0.4 is 15.8 Å². The molecule has 20 heavy (non-hydrogen) atoms. The third kappa shape index (κ3) is 5.07. The summed E-state index contributed by atoms with van der Waals surface area (Å²) >= 11 is 0. The van der Waals surface area contributed by atoms with Gasteiger partial charge in [0.2, 0.25) is 5.88 Å². The van der Waals surface area contributed by atoms with E-state index in [4.69, 9.17) is 10.5 Å². The van der Waals surface area contributed by atoms with Crippen LogP contribution in [-0.2, 0) is 6.42 Å². The quantitative estimate of drug-likeness (QED) is 0.536. The molecule has 1 heterocycles. The Hall–Kier alpha value is -1.78. The van der Waals surface area contributed by atoms with Crippen LogP contribution >= 0.6 is 0 Å². The molecule has 1 rings (SSSR count). The normalized spacial score (nSPS) is 10.6. The molecule has 0 spiro atoms. The summed E-state index contributed by atoms with van der Waals surface area (Å²) in [6, 6.07) is 0. The minimum Gasteiger partial charge on any atom is -0.476 e. The molecule has 0 bridgehead atoms. The highest BCUT2D eigenvalue weighted by Crippen LogP contribution is 2.27. The van der Waals surface area contributed by atoms with Gasteiger partial charge in [-0.25, -0.2) is 4.98 Å². The Balaban J connectivity index is 2.96. The molecule has 0 atom stereocenters. The number of nitrogen functional groups attached to an aromatic ring is 1. The molecule has 0 aliphatic rings. The predicted octanol–water partition coefficient (Wildman–Crippen LogP) is 3.03. The van der Waals surface area contributed by atoms with E-state index in [0.29, 0.717) is 36.5 Å². The summed E-state index contributed by atoms with van der Waals surface area (Å²) in [6.07, 6.45) is 4.62. The maximum absolute atomic E-state index is 6.06. The Morgan fingerprint density at radius 2 is 2.15 bits per heavy atom. The van der Waals surface area contributed by atoms with Crippen LogP contribution in [0.5, 0.6) is 5.88 Å². The lowest BCUT2D eigenvalue weighted by molar-refractivity contribution is 0.298. The highest BCUT2D eigenvalue weighted by atomic mass is 16.5. The van der Waals surface area contributed by atoms with Crippen molar-refractivity contribution in [3.05, 3.63) is 18.5 Å². The van der Waals surface area contributed by atoms with Gasteiger partial charge in [0.15, 0.2) is 5.82 Å². The maximum Gasteiger partial charge on any atom is 0.242 e. The molecule has 1 aromatic rings. The first-order valence-corrected chi connectivity index (χ1v) is 7.22. The van der Waals surface area contributed by atoms with Crippen LogP contribution in [0.4, 0.5) is 11.5 Å². The van der Waals surface area contributed by atoms with Gasteiger partial charge in [-0.3, -0.25) is 0 Å². The zero-order valence-corrected chi connectivity index (χ0v) is 12.8. The van der Waals surface area contributed by atoms with Gasteiger partial charge in [0.1, 0.15) is 11.5 Å². The number of ether oxygens (including phenoxy) is 1. The molecule has 0 unspecified atom stereocenters. The van der Waals surface area contributed by atoms with E-state index in [0.717, 1.165) is 25.1 Å². The van der Waals surface area contributed by atoms with E-state index >= 15 is 0 Å². The lowest BCUT2D eigenvalue weighted by Gasteiger charge is -2.14. The number of nitrogens with zero attached hydrogens (tertiary/aromatic N) is 2. The van der Waals surface area contributed by atoms with E-state index in [1.807, 2.05) is 0 Å². The summed E-state index contributed by atoms with van der Waals surface area (Å²) in [5, 5.41) is 3.13. The third-order valence-corrected chi connectivity index (χ3v) is 2.70. The molecule has 0 saturated heterocycles. The van der Waals surface area contributed by atoms with Gasteiger partial charge in [0.25, 0.3) is 0 Å². The summed E-state index contributed by atoms with van der Waals surface area (Å²) in [4.78, 5) is 8.89. The van der Waals surface area contributed by atoms with Gasteiger partial charge in [-0.1, -0.05) is 33.3 Å². The fourth-order valence-corrected chi connectivity index (χ4v) is 1.68. The third-order valence-electron chi connectivity index (χ3n) is 2.70. The molecule has 0 fully saturated rings. The number of nitrogens with one attached hydrogen (secondary N) is 1. The SMILES string of the molecule is C=CCNc1nc(CC(C)C)nc(OCCCC)c1N. The van der Waals surface area contributed by atoms with E-state index in [-0.39, 0.29) is 0 Å². The lowest BCUT2D eigenvalue weighted by Crippen LogP contribution is -2.12. The molecule has 3 N–H and O–H groups in total. The fourth-order valence-electron chi connectivity index (χ4n) is 1.68. The van der Waals surface area contributed by atoms with Crippen LogP contribution in [0.1, 0.15) is 39.4 Å². The molecular formula is C15H26N4O. The predicted molar refractivity (Wildman–Crippen MR) is 84.1 cm³/mol. The van der Waals surface area contributed by atoms with Crippen LogP contribution in [0.25, 0.3) is 0 Å². The number of nitrogens with two attached hydrogens (primary N) is 1. The molecular weight excluding hydrogens is 252 g/mol. The summed E-state index contributed by atoms with van der Waals surface area (Å²) in [5.74, 6) is 2.35. The summed E-state index contributed by atoms with van der Waals surface area (Å²) in [7, 11) is 0. The Labute approximate surface area is 121 Å². The van der Waals surface area contributed by atoms with Gasteiger partial charge in [-0.15, -0.1) is 6.58 Å². The Morgan fingerprint density at radius 3 is 2.75 bits per heavy atom. The molecule has 1 aromatic heterocycles.